The van der Waals surface area contributed by atoms with E-state index in [1.54, 1.807) is 0 Å². The summed E-state index contributed by atoms with van der Waals surface area (Å²) in [6.07, 6.45) is 4.40. The van der Waals surface area contributed by atoms with Gasteiger partial charge in [0.15, 0.2) is 0 Å². The van der Waals surface area contributed by atoms with Crippen molar-refractivity contribution >= 4 is 12.0 Å². The van der Waals surface area contributed by atoms with E-state index in [0.29, 0.717) is 18.3 Å². The first-order valence-corrected chi connectivity index (χ1v) is 6.83. The summed E-state index contributed by atoms with van der Waals surface area (Å²) in [6, 6.07) is -0.101. The number of carboxylic acids is 1. The first-order valence-electron chi connectivity index (χ1n) is 6.83. The van der Waals surface area contributed by atoms with Crippen molar-refractivity contribution in [3.63, 3.8) is 0 Å². The molecule has 3 atom stereocenters. The molecule has 5 heteroatoms. The van der Waals surface area contributed by atoms with Gasteiger partial charge in [-0.15, -0.1) is 0 Å². The topological polar surface area (TPSA) is 69.6 Å². The standard InChI is InChI=1S/C13H22N2O3/c1-9(5-6-12(16)17)14-13(18)15-7-10-3-2-4-11(10)8-15/h9-11H,2-8H2,1H3,(H,14,18)(H,16,17). The molecular formula is C13H22N2O3. The number of nitrogens with one attached hydrogen (secondary N) is 1. The third-order valence-corrected chi connectivity index (χ3v) is 4.17. The van der Waals surface area contributed by atoms with Crippen LogP contribution in [0, 0.1) is 11.8 Å². The summed E-state index contributed by atoms with van der Waals surface area (Å²) in [5, 5.41) is 11.5. The van der Waals surface area contributed by atoms with Gasteiger partial charge in [0.1, 0.15) is 0 Å². The number of carboxylic acid groups (broad SMARTS) is 1. The molecule has 3 unspecified atom stereocenters. The van der Waals surface area contributed by atoms with Gasteiger partial charge in [0.25, 0.3) is 0 Å². The molecule has 2 N–H and O–H groups in total. The second-order valence-corrected chi connectivity index (χ2v) is 5.64. The van der Waals surface area contributed by atoms with Crippen molar-refractivity contribution < 1.29 is 14.7 Å². The van der Waals surface area contributed by atoms with E-state index in [1.165, 1.54) is 19.3 Å². The van der Waals surface area contributed by atoms with Crippen molar-refractivity contribution in [2.24, 2.45) is 11.8 Å². The molecule has 2 amide bonds. The largest absolute Gasteiger partial charge is 0.481 e. The number of fused-ring (bicyclic) bond motifs is 1. The highest BCUT2D eigenvalue weighted by Gasteiger charge is 2.38. The first kappa shape index (κ1) is 13.2. The second-order valence-electron chi connectivity index (χ2n) is 5.64. The molecule has 1 saturated heterocycles. The van der Waals surface area contributed by atoms with Crippen LogP contribution in [0.1, 0.15) is 39.0 Å². The number of urea groups is 1. The van der Waals surface area contributed by atoms with Gasteiger partial charge in [-0.25, -0.2) is 4.79 Å². The molecule has 0 radical (unpaired) electrons. The van der Waals surface area contributed by atoms with Crippen LogP contribution in [-0.4, -0.2) is 41.1 Å². The molecule has 0 spiro atoms. The van der Waals surface area contributed by atoms with Crippen LogP contribution in [0.15, 0.2) is 0 Å². The molecule has 2 fully saturated rings. The highest BCUT2D eigenvalue weighted by Crippen LogP contribution is 2.37. The van der Waals surface area contributed by atoms with Crippen molar-refractivity contribution in [1.29, 1.82) is 0 Å². The Morgan fingerprint density at radius 2 is 1.94 bits per heavy atom. The molecule has 2 rings (SSSR count). The van der Waals surface area contributed by atoms with Crippen LogP contribution < -0.4 is 5.32 Å². The van der Waals surface area contributed by atoms with E-state index >= 15 is 0 Å². The van der Waals surface area contributed by atoms with E-state index in [1.807, 2.05) is 11.8 Å². The number of carbonyl (C=O) groups excluding carboxylic acids is 1. The smallest absolute Gasteiger partial charge is 0.317 e. The average Bonchev–Trinajstić information content (AvgIpc) is 2.85. The number of hydrogen-bond acceptors (Lipinski definition) is 2. The molecular weight excluding hydrogens is 232 g/mol. The summed E-state index contributed by atoms with van der Waals surface area (Å²) in [6.45, 7) is 3.61. The molecule has 0 aromatic heterocycles. The fourth-order valence-electron chi connectivity index (χ4n) is 3.12. The Morgan fingerprint density at radius 3 is 2.50 bits per heavy atom. The second kappa shape index (κ2) is 5.59. The van der Waals surface area contributed by atoms with Crippen LogP contribution in [0.25, 0.3) is 0 Å². The van der Waals surface area contributed by atoms with Gasteiger partial charge in [0.05, 0.1) is 0 Å². The van der Waals surface area contributed by atoms with Crippen LogP contribution in [0.5, 0.6) is 0 Å². The minimum absolute atomic E-state index is 0.0257. The number of hydrogen-bond donors (Lipinski definition) is 2. The van der Waals surface area contributed by atoms with Gasteiger partial charge >= 0.3 is 12.0 Å². The van der Waals surface area contributed by atoms with E-state index in [9.17, 15) is 9.59 Å². The zero-order valence-corrected chi connectivity index (χ0v) is 10.9. The predicted molar refractivity (Wildman–Crippen MR) is 67.3 cm³/mol. The van der Waals surface area contributed by atoms with Crippen molar-refractivity contribution in [2.75, 3.05) is 13.1 Å². The molecule has 102 valence electrons. The van der Waals surface area contributed by atoms with Crippen LogP contribution in [-0.2, 0) is 4.79 Å². The van der Waals surface area contributed by atoms with Gasteiger partial charge in [-0.2, -0.15) is 0 Å². The fourth-order valence-corrected chi connectivity index (χ4v) is 3.12. The number of aliphatic carboxylic acids is 1. The first-order chi connectivity index (χ1) is 8.56. The molecule has 1 aliphatic heterocycles. The Hall–Kier alpha value is -1.26. The Bertz CT molecular complexity index is 320. The molecule has 0 aromatic rings. The minimum atomic E-state index is -0.813. The molecule has 0 aromatic carbocycles. The maximum atomic E-state index is 12.0. The van der Waals surface area contributed by atoms with Crippen molar-refractivity contribution in [3.8, 4) is 0 Å². The van der Waals surface area contributed by atoms with Gasteiger partial charge in [-0.05, 0) is 38.0 Å². The molecule has 2 aliphatic rings. The predicted octanol–water partition coefficient (Wildman–Crippen LogP) is 1.68. The zero-order chi connectivity index (χ0) is 13.1. The van der Waals surface area contributed by atoms with Gasteiger partial charge in [0.2, 0.25) is 0 Å². The van der Waals surface area contributed by atoms with E-state index in [-0.39, 0.29) is 18.5 Å². The molecule has 5 nitrogen and oxygen atoms in total. The third-order valence-electron chi connectivity index (χ3n) is 4.17. The lowest BCUT2D eigenvalue weighted by Crippen LogP contribution is -2.43. The van der Waals surface area contributed by atoms with E-state index in [4.69, 9.17) is 5.11 Å². The molecule has 18 heavy (non-hydrogen) atoms. The van der Waals surface area contributed by atoms with Crippen molar-refractivity contribution in [3.05, 3.63) is 0 Å². The lowest BCUT2D eigenvalue weighted by Gasteiger charge is -2.21. The maximum absolute atomic E-state index is 12.0. The van der Waals surface area contributed by atoms with E-state index in [2.05, 4.69) is 5.32 Å². The van der Waals surface area contributed by atoms with Crippen molar-refractivity contribution in [2.45, 2.75) is 45.1 Å². The monoisotopic (exact) mass is 254 g/mol. The number of carbonyl (C=O) groups is 2. The Labute approximate surface area is 108 Å². The molecule has 1 heterocycles. The summed E-state index contributed by atoms with van der Waals surface area (Å²) in [7, 11) is 0. The molecule has 1 saturated carbocycles. The summed E-state index contributed by atoms with van der Waals surface area (Å²) < 4.78 is 0. The number of amides is 2. The highest BCUT2D eigenvalue weighted by molar-refractivity contribution is 5.75. The summed E-state index contributed by atoms with van der Waals surface area (Å²) in [4.78, 5) is 24.3. The van der Waals surface area contributed by atoms with Crippen LogP contribution >= 0.6 is 0 Å². The Balaban J connectivity index is 1.73. The number of likely N-dealkylation sites (tertiary alicyclic amines) is 1. The van der Waals surface area contributed by atoms with E-state index in [0.717, 1.165) is 13.1 Å². The quantitative estimate of drug-likeness (QED) is 0.802. The fraction of sp³-hybridized carbons (Fsp3) is 0.846. The SMILES string of the molecule is CC(CCC(=O)O)NC(=O)N1CC2CCCC2C1. The molecule has 1 aliphatic carbocycles. The molecule has 0 bridgehead atoms. The van der Waals surface area contributed by atoms with Crippen LogP contribution in [0.4, 0.5) is 4.79 Å². The Morgan fingerprint density at radius 1 is 1.33 bits per heavy atom. The lowest BCUT2D eigenvalue weighted by molar-refractivity contribution is -0.137. The van der Waals surface area contributed by atoms with Crippen LogP contribution in [0.3, 0.4) is 0 Å². The van der Waals surface area contributed by atoms with Gasteiger partial charge < -0.3 is 15.3 Å². The lowest BCUT2D eigenvalue weighted by atomic mass is 10.0. The van der Waals surface area contributed by atoms with Crippen molar-refractivity contribution in [1.82, 2.24) is 10.2 Å². The summed E-state index contributed by atoms with van der Waals surface area (Å²) in [5.74, 6) is 0.585. The van der Waals surface area contributed by atoms with E-state index < -0.39 is 5.97 Å². The highest BCUT2D eigenvalue weighted by atomic mass is 16.4. The Kier molecular flexibility index (Phi) is 4.09. The van der Waals surface area contributed by atoms with Gasteiger partial charge in [-0.1, -0.05) is 6.42 Å². The minimum Gasteiger partial charge on any atom is -0.481 e. The summed E-state index contributed by atoms with van der Waals surface area (Å²) >= 11 is 0. The maximum Gasteiger partial charge on any atom is 0.317 e. The number of nitrogens with zero attached hydrogens (tertiary/aromatic N) is 1. The zero-order valence-electron chi connectivity index (χ0n) is 10.9. The average molecular weight is 254 g/mol. The van der Waals surface area contributed by atoms with Crippen LogP contribution in [0.2, 0.25) is 0 Å². The van der Waals surface area contributed by atoms with Gasteiger partial charge in [-0.3, -0.25) is 4.79 Å². The van der Waals surface area contributed by atoms with Gasteiger partial charge in [0, 0.05) is 25.6 Å². The third kappa shape index (κ3) is 3.15. The normalized spacial score (nSPS) is 27.9. The number of rotatable bonds is 4. The summed E-state index contributed by atoms with van der Waals surface area (Å²) in [5.41, 5.74) is 0.